The number of ether oxygens (including phenoxy) is 2. The molecule has 8 heteroatoms. The molecule has 31 heavy (non-hydrogen) atoms. The molecule has 0 bridgehead atoms. The SMILES string of the molecule is COc1ccc([C@@H](C)NC(=O)C2CCN(c3cncnc3N3CCOCC3)CC2)cc1. The first-order chi connectivity index (χ1) is 15.2. The zero-order valence-electron chi connectivity index (χ0n) is 18.3. The molecule has 2 fully saturated rings. The van der Waals surface area contributed by atoms with E-state index in [2.05, 4.69) is 25.1 Å². The van der Waals surface area contributed by atoms with Crippen LogP contribution in [0.25, 0.3) is 0 Å². The van der Waals surface area contributed by atoms with Gasteiger partial charge in [-0.3, -0.25) is 4.79 Å². The van der Waals surface area contributed by atoms with Crippen molar-refractivity contribution in [2.45, 2.75) is 25.8 Å². The Hall–Kier alpha value is -2.87. The van der Waals surface area contributed by atoms with Gasteiger partial charge in [-0.15, -0.1) is 0 Å². The predicted molar refractivity (Wildman–Crippen MR) is 120 cm³/mol. The Bertz CT molecular complexity index is 862. The number of aromatic nitrogens is 2. The standard InChI is InChI=1S/C23H31N5O3/c1-17(18-3-5-20(30-2)6-4-18)26-23(29)19-7-9-27(10-8-19)21-15-24-16-25-22(21)28-11-13-31-14-12-28/h3-6,15-17,19H,7-14H2,1-2H3,(H,26,29)/t17-/m1/s1. The van der Waals surface area contributed by atoms with Gasteiger partial charge in [-0.1, -0.05) is 12.1 Å². The highest BCUT2D eigenvalue weighted by molar-refractivity contribution is 5.79. The Labute approximate surface area is 183 Å². The fourth-order valence-corrected chi connectivity index (χ4v) is 4.25. The van der Waals surface area contributed by atoms with Crippen molar-refractivity contribution in [3.63, 3.8) is 0 Å². The summed E-state index contributed by atoms with van der Waals surface area (Å²) in [6.45, 7) is 6.78. The Morgan fingerprint density at radius 2 is 1.84 bits per heavy atom. The Balaban J connectivity index is 1.34. The molecule has 2 aromatic rings. The van der Waals surface area contributed by atoms with Crippen LogP contribution in [0.5, 0.6) is 5.75 Å². The van der Waals surface area contributed by atoms with Crippen molar-refractivity contribution >= 4 is 17.4 Å². The number of benzene rings is 1. The molecule has 2 saturated heterocycles. The number of nitrogens with zero attached hydrogens (tertiary/aromatic N) is 4. The van der Waals surface area contributed by atoms with Gasteiger partial charge in [0.2, 0.25) is 5.91 Å². The smallest absolute Gasteiger partial charge is 0.223 e. The molecule has 1 amide bonds. The first kappa shape index (κ1) is 21.4. The fourth-order valence-electron chi connectivity index (χ4n) is 4.25. The minimum absolute atomic E-state index is 0.0217. The quantitative estimate of drug-likeness (QED) is 0.761. The summed E-state index contributed by atoms with van der Waals surface area (Å²) in [5, 5.41) is 3.18. The molecule has 2 aliphatic heterocycles. The molecule has 0 spiro atoms. The topological polar surface area (TPSA) is 79.8 Å². The second-order valence-electron chi connectivity index (χ2n) is 8.10. The first-order valence-corrected chi connectivity index (χ1v) is 11.0. The average molecular weight is 426 g/mol. The summed E-state index contributed by atoms with van der Waals surface area (Å²) in [4.78, 5) is 26.2. The third kappa shape index (κ3) is 5.07. The number of methoxy groups -OCH3 is 1. The Morgan fingerprint density at radius 3 is 2.52 bits per heavy atom. The van der Waals surface area contributed by atoms with Gasteiger partial charge in [-0.25, -0.2) is 9.97 Å². The van der Waals surface area contributed by atoms with Crippen LogP contribution >= 0.6 is 0 Å². The van der Waals surface area contributed by atoms with E-state index in [-0.39, 0.29) is 17.9 Å². The molecule has 0 aliphatic carbocycles. The maximum atomic E-state index is 12.9. The van der Waals surface area contributed by atoms with Crippen LogP contribution in [0.3, 0.4) is 0 Å². The summed E-state index contributed by atoms with van der Waals surface area (Å²) in [6.07, 6.45) is 5.14. The number of carbonyl (C=O) groups is 1. The lowest BCUT2D eigenvalue weighted by molar-refractivity contribution is -0.126. The van der Waals surface area contributed by atoms with Crippen LogP contribution in [-0.2, 0) is 9.53 Å². The van der Waals surface area contributed by atoms with Gasteiger partial charge in [-0.05, 0) is 37.5 Å². The van der Waals surface area contributed by atoms with Crippen molar-refractivity contribution in [2.75, 3.05) is 56.3 Å². The van der Waals surface area contributed by atoms with Crippen LogP contribution in [0.4, 0.5) is 11.5 Å². The van der Waals surface area contributed by atoms with E-state index < -0.39 is 0 Å². The van der Waals surface area contributed by atoms with Gasteiger partial charge in [0.25, 0.3) is 0 Å². The third-order valence-electron chi connectivity index (χ3n) is 6.16. The molecule has 0 radical (unpaired) electrons. The molecule has 2 aliphatic rings. The van der Waals surface area contributed by atoms with Gasteiger partial charge >= 0.3 is 0 Å². The maximum absolute atomic E-state index is 12.9. The molecule has 166 valence electrons. The van der Waals surface area contributed by atoms with Gasteiger partial charge < -0.3 is 24.6 Å². The number of nitrogens with one attached hydrogen (secondary N) is 1. The lowest BCUT2D eigenvalue weighted by atomic mass is 9.95. The summed E-state index contributed by atoms with van der Waals surface area (Å²) < 4.78 is 10.7. The van der Waals surface area contributed by atoms with Crippen molar-refractivity contribution in [3.05, 3.63) is 42.4 Å². The monoisotopic (exact) mass is 425 g/mol. The van der Waals surface area contributed by atoms with Gasteiger partial charge in [0.05, 0.1) is 38.2 Å². The van der Waals surface area contributed by atoms with E-state index in [1.807, 2.05) is 37.4 Å². The maximum Gasteiger partial charge on any atom is 0.223 e. The predicted octanol–water partition coefficient (Wildman–Crippen LogP) is 2.42. The van der Waals surface area contributed by atoms with Gasteiger partial charge in [-0.2, -0.15) is 0 Å². The molecule has 3 heterocycles. The number of morpholine rings is 1. The van der Waals surface area contributed by atoms with Crippen LogP contribution in [0.1, 0.15) is 31.4 Å². The summed E-state index contributed by atoms with van der Waals surface area (Å²) in [6, 6.07) is 7.80. The number of carbonyl (C=O) groups excluding carboxylic acids is 1. The summed E-state index contributed by atoms with van der Waals surface area (Å²) >= 11 is 0. The van der Waals surface area contributed by atoms with E-state index in [1.165, 1.54) is 0 Å². The first-order valence-electron chi connectivity index (χ1n) is 11.0. The van der Waals surface area contributed by atoms with Gasteiger partial charge in [0.1, 0.15) is 12.1 Å². The second-order valence-corrected chi connectivity index (χ2v) is 8.10. The normalized spacial score (nSPS) is 18.5. The van der Waals surface area contributed by atoms with Crippen molar-refractivity contribution in [3.8, 4) is 5.75 Å². The number of rotatable bonds is 6. The molecule has 0 unspecified atom stereocenters. The highest BCUT2D eigenvalue weighted by atomic mass is 16.5. The lowest BCUT2D eigenvalue weighted by Crippen LogP contribution is -2.43. The van der Waals surface area contributed by atoms with E-state index in [4.69, 9.17) is 9.47 Å². The second kappa shape index (κ2) is 9.96. The average Bonchev–Trinajstić information content (AvgIpc) is 2.84. The molecule has 1 aromatic heterocycles. The largest absolute Gasteiger partial charge is 0.497 e. The lowest BCUT2D eigenvalue weighted by Gasteiger charge is -2.36. The third-order valence-corrected chi connectivity index (χ3v) is 6.16. The number of piperidine rings is 1. The zero-order valence-corrected chi connectivity index (χ0v) is 18.3. The van der Waals surface area contributed by atoms with Crippen molar-refractivity contribution < 1.29 is 14.3 Å². The van der Waals surface area contributed by atoms with Crippen molar-refractivity contribution in [1.82, 2.24) is 15.3 Å². The minimum Gasteiger partial charge on any atom is -0.497 e. The van der Waals surface area contributed by atoms with Crippen LogP contribution in [0.2, 0.25) is 0 Å². The van der Waals surface area contributed by atoms with Crippen molar-refractivity contribution in [2.24, 2.45) is 5.92 Å². The van der Waals surface area contributed by atoms with E-state index in [0.29, 0.717) is 0 Å². The summed E-state index contributed by atoms with van der Waals surface area (Å²) in [7, 11) is 1.65. The molecule has 1 aromatic carbocycles. The number of hydrogen-bond donors (Lipinski definition) is 1. The van der Waals surface area contributed by atoms with Crippen LogP contribution in [0.15, 0.2) is 36.8 Å². The molecule has 1 N–H and O–H groups in total. The molecule has 4 rings (SSSR count). The van der Waals surface area contributed by atoms with E-state index >= 15 is 0 Å². The summed E-state index contributed by atoms with van der Waals surface area (Å²) in [5.41, 5.74) is 2.12. The summed E-state index contributed by atoms with van der Waals surface area (Å²) in [5.74, 6) is 1.93. The van der Waals surface area contributed by atoms with Crippen LogP contribution < -0.4 is 19.9 Å². The van der Waals surface area contributed by atoms with E-state index in [0.717, 1.165) is 75.1 Å². The molecular formula is C23H31N5O3. The van der Waals surface area contributed by atoms with E-state index in [1.54, 1.807) is 13.4 Å². The minimum atomic E-state index is -0.0353. The molecule has 1 atom stereocenters. The van der Waals surface area contributed by atoms with Crippen molar-refractivity contribution in [1.29, 1.82) is 0 Å². The molecule has 8 nitrogen and oxygen atoms in total. The number of hydrogen-bond acceptors (Lipinski definition) is 7. The molecule has 0 saturated carbocycles. The number of anilines is 2. The Morgan fingerprint density at radius 1 is 1.13 bits per heavy atom. The highest BCUT2D eigenvalue weighted by Gasteiger charge is 2.28. The van der Waals surface area contributed by atoms with E-state index in [9.17, 15) is 4.79 Å². The Kier molecular flexibility index (Phi) is 6.86. The molecular weight excluding hydrogens is 394 g/mol. The van der Waals surface area contributed by atoms with Gasteiger partial charge in [0, 0.05) is 32.1 Å². The van der Waals surface area contributed by atoms with Gasteiger partial charge in [0.15, 0.2) is 5.82 Å². The highest BCUT2D eigenvalue weighted by Crippen LogP contribution is 2.30. The van der Waals surface area contributed by atoms with Crippen LogP contribution in [-0.4, -0.2) is 62.4 Å². The fraction of sp³-hybridized carbons (Fsp3) is 0.522. The zero-order chi connectivity index (χ0) is 21.6. The van der Waals surface area contributed by atoms with Crippen LogP contribution in [0, 0.1) is 5.92 Å². The number of amides is 1.